The van der Waals surface area contributed by atoms with Gasteiger partial charge in [-0.05, 0) is 42.4 Å². The minimum atomic E-state index is -0.821. The van der Waals surface area contributed by atoms with Crippen LogP contribution >= 0.6 is 11.6 Å². The monoisotopic (exact) mass is 324 g/mol. The summed E-state index contributed by atoms with van der Waals surface area (Å²) >= 11 is 5.97. The molecule has 0 spiro atoms. The van der Waals surface area contributed by atoms with E-state index < -0.39 is 12.1 Å². The van der Waals surface area contributed by atoms with Crippen molar-refractivity contribution in [1.82, 2.24) is 0 Å². The summed E-state index contributed by atoms with van der Waals surface area (Å²) in [4.78, 5) is 23.9. The molecule has 0 N–H and O–H groups in total. The highest BCUT2D eigenvalue weighted by atomic mass is 35.5. The number of esters is 2. The molecule has 1 saturated carbocycles. The molecule has 4 nitrogen and oxygen atoms in total. The maximum atomic E-state index is 12.2. The van der Waals surface area contributed by atoms with Gasteiger partial charge in [-0.2, -0.15) is 0 Å². The molecule has 22 heavy (non-hydrogen) atoms. The quantitative estimate of drug-likeness (QED) is 0.751. The van der Waals surface area contributed by atoms with Gasteiger partial charge in [0.2, 0.25) is 0 Å². The Balaban J connectivity index is 1.96. The van der Waals surface area contributed by atoms with E-state index in [4.69, 9.17) is 21.1 Å². The normalized spacial score (nSPS) is 21.3. The Labute approximate surface area is 135 Å². The van der Waals surface area contributed by atoms with E-state index in [1.54, 1.807) is 6.07 Å². The zero-order valence-electron chi connectivity index (χ0n) is 13.0. The predicted molar refractivity (Wildman–Crippen MR) is 83.7 cm³/mol. The molecular weight excluding hydrogens is 304 g/mol. The highest BCUT2D eigenvalue weighted by Gasteiger charge is 2.46. The number of carbonyl (C=O) groups excluding carboxylic acids is 2. The van der Waals surface area contributed by atoms with Gasteiger partial charge in [0, 0.05) is 5.02 Å². The van der Waals surface area contributed by atoms with Crippen molar-refractivity contribution in [3.63, 3.8) is 0 Å². The van der Waals surface area contributed by atoms with Crippen molar-refractivity contribution < 1.29 is 19.1 Å². The molecule has 3 atom stereocenters. The molecule has 5 heteroatoms. The smallest absolute Gasteiger partial charge is 0.347 e. The maximum absolute atomic E-state index is 12.2. The average molecular weight is 325 g/mol. The first-order valence-corrected chi connectivity index (χ1v) is 7.84. The van der Waals surface area contributed by atoms with Gasteiger partial charge >= 0.3 is 11.9 Å². The Morgan fingerprint density at radius 1 is 1.36 bits per heavy atom. The number of methoxy groups -OCH3 is 1. The number of halogens is 1. The van der Waals surface area contributed by atoms with Crippen molar-refractivity contribution in [3.8, 4) is 0 Å². The van der Waals surface area contributed by atoms with Crippen LogP contribution in [0, 0.1) is 11.8 Å². The molecule has 0 heterocycles. The van der Waals surface area contributed by atoms with Crippen LogP contribution in [0.4, 0.5) is 0 Å². The second kappa shape index (κ2) is 7.14. The van der Waals surface area contributed by atoms with Crippen LogP contribution in [0.25, 0.3) is 0 Å². The Morgan fingerprint density at radius 2 is 2.09 bits per heavy atom. The lowest BCUT2D eigenvalue weighted by atomic mass is 10.1. The average Bonchev–Trinajstić information content (AvgIpc) is 3.25. The summed E-state index contributed by atoms with van der Waals surface area (Å²) in [5.41, 5.74) is 1.04. The fourth-order valence-electron chi connectivity index (χ4n) is 2.54. The van der Waals surface area contributed by atoms with E-state index in [1.807, 2.05) is 32.0 Å². The van der Waals surface area contributed by atoms with E-state index in [0.29, 0.717) is 11.4 Å². The lowest BCUT2D eigenvalue weighted by Crippen LogP contribution is -2.30. The fraction of sp³-hybridized carbons (Fsp3) is 0.529. The van der Waals surface area contributed by atoms with E-state index in [9.17, 15) is 9.59 Å². The Morgan fingerprint density at radius 3 is 2.68 bits per heavy atom. The number of ether oxygens (including phenoxy) is 2. The van der Waals surface area contributed by atoms with Gasteiger partial charge in [-0.25, -0.2) is 4.79 Å². The summed E-state index contributed by atoms with van der Waals surface area (Å²) in [5, 5.41) is 0.656. The number of carbonyl (C=O) groups is 2. The first-order chi connectivity index (χ1) is 10.4. The molecular formula is C17H21ClO4. The second-order valence-corrected chi connectivity index (χ2v) is 6.52. The van der Waals surface area contributed by atoms with Gasteiger partial charge < -0.3 is 9.47 Å². The zero-order valence-corrected chi connectivity index (χ0v) is 13.8. The maximum Gasteiger partial charge on any atom is 0.347 e. The molecule has 3 unspecified atom stereocenters. The van der Waals surface area contributed by atoms with Crippen LogP contribution in [-0.4, -0.2) is 25.2 Å². The van der Waals surface area contributed by atoms with Gasteiger partial charge in [0.05, 0.1) is 13.0 Å². The number of hydrogen-bond acceptors (Lipinski definition) is 4. The van der Waals surface area contributed by atoms with Crippen molar-refractivity contribution in [1.29, 1.82) is 0 Å². The predicted octanol–water partition coefficient (Wildman–Crippen LogP) is 3.57. The Hall–Kier alpha value is -1.55. The fourth-order valence-corrected chi connectivity index (χ4v) is 2.74. The van der Waals surface area contributed by atoms with Gasteiger partial charge in [-0.15, -0.1) is 0 Å². The van der Waals surface area contributed by atoms with Gasteiger partial charge in [0.25, 0.3) is 0 Å². The Bertz CT molecular complexity index is 555. The third-order valence-corrected chi connectivity index (χ3v) is 4.01. The molecule has 1 aliphatic rings. The molecule has 0 radical (unpaired) electrons. The summed E-state index contributed by atoms with van der Waals surface area (Å²) in [6.45, 7) is 3.94. The lowest BCUT2D eigenvalue weighted by molar-refractivity contribution is -0.168. The summed E-state index contributed by atoms with van der Waals surface area (Å²) in [7, 11) is 1.30. The van der Waals surface area contributed by atoms with Crippen molar-refractivity contribution in [3.05, 3.63) is 34.9 Å². The molecule has 120 valence electrons. The SMILES string of the molecule is COC(=O)C(CC(C)C)OC(=O)C1CC1c1cccc(Cl)c1. The molecule has 0 saturated heterocycles. The first-order valence-electron chi connectivity index (χ1n) is 7.46. The third kappa shape index (κ3) is 4.23. The van der Waals surface area contributed by atoms with E-state index in [-0.39, 0.29) is 23.7 Å². The molecule has 2 rings (SSSR count). The lowest BCUT2D eigenvalue weighted by Gasteiger charge is -2.17. The number of hydrogen-bond donors (Lipinski definition) is 0. The van der Waals surface area contributed by atoms with Crippen molar-refractivity contribution in [2.75, 3.05) is 7.11 Å². The molecule has 0 amide bonds. The van der Waals surface area contributed by atoms with E-state index in [0.717, 1.165) is 12.0 Å². The molecule has 1 aromatic carbocycles. The number of benzene rings is 1. The molecule has 1 aliphatic carbocycles. The summed E-state index contributed by atoms with van der Waals surface area (Å²) in [6.07, 6.45) is 0.375. The zero-order chi connectivity index (χ0) is 16.3. The van der Waals surface area contributed by atoms with E-state index >= 15 is 0 Å². The summed E-state index contributed by atoms with van der Waals surface area (Å²) in [5.74, 6) is -0.663. The van der Waals surface area contributed by atoms with Crippen LogP contribution in [0.2, 0.25) is 5.02 Å². The number of rotatable bonds is 6. The van der Waals surface area contributed by atoms with Crippen molar-refractivity contribution in [2.24, 2.45) is 11.8 Å². The van der Waals surface area contributed by atoms with Crippen LogP contribution in [0.5, 0.6) is 0 Å². The van der Waals surface area contributed by atoms with Crippen LogP contribution in [-0.2, 0) is 19.1 Å². The minimum absolute atomic E-state index is 0.128. The molecule has 0 bridgehead atoms. The summed E-state index contributed by atoms with van der Waals surface area (Å²) in [6, 6.07) is 7.49. The largest absolute Gasteiger partial charge is 0.466 e. The molecule has 1 fully saturated rings. The van der Waals surface area contributed by atoms with Gasteiger partial charge in [0.15, 0.2) is 6.10 Å². The van der Waals surface area contributed by atoms with E-state index in [2.05, 4.69) is 0 Å². The van der Waals surface area contributed by atoms with E-state index in [1.165, 1.54) is 7.11 Å². The summed E-state index contributed by atoms with van der Waals surface area (Å²) < 4.78 is 10.1. The molecule has 0 aromatic heterocycles. The molecule has 1 aromatic rings. The highest BCUT2D eigenvalue weighted by Crippen LogP contribution is 2.48. The minimum Gasteiger partial charge on any atom is -0.466 e. The van der Waals surface area contributed by atoms with Crippen LogP contribution < -0.4 is 0 Å². The van der Waals surface area contributed by atoms with Gasteiger partial charge in [-0.1, -0.05) is 37.6 Å². The van der Waals surface area contributed by atoms with Crippen LogP contribution in [0.1, 0.15) is 38.2 Å². The van der Waals surface area contributed by atoms with Crippen molar-refractivity contribution in [2.45, 2.75) is 38.7 Å². The van der Waals surface area contributed by atoms with Gasteiger partial charge in [-0.3, -0.25) is 4.79 Å². The Kier molecular flexibility index (Phi) is 5.46. The standard InChI is InChI=1S/C17H21ClO4/c1-10(2)7-15(17(20)21-3)22-16(19)14-9-13(14)11-5-4-6-12(18)8-11/h4-6,8,10,13-15H,7,9H2,1-3H3. The highest BCUT2D eigenvalue weighted by molar-refractivity contribution is 6.30. The van der Waals surface area contributed by atoms with Crippen LogP contribution in [0.3, 0.4) is 0 Å². The van der Waals surface area contributed by atoms with Crippen LogP contribution in [0.15, 0.2) is 24.3 Å². The van der Waals surface area contributed by atoms with Crippen molar-refractivity contribution >= 4 is 23.5 Å². The second-order valence-electron chi connectivity index (χ2n) is 6.08. The third-order valence-electron chi connectivity index (χ3n) is 3.78. The molecule has 0 aliphatic heterocycles. The first kappa shape index (κ1) is 16.8. The topological polar surface area (TPSA) is 52.6 Å². The van der Waals surface area contributed by atoms with Gasteiger partial charge in [0.1, 0.15) is 0 Å².